The molecule has 1 fully saturated rings. The molecule has 2 amide bonds. The lowest BCUT2D eigenvalue weighted by Gasteiger charge is -2.23. The van der Waals surface area contributed by atoms with E-state index < -0.39 is 30.0 Å². The molecule has 0 radical (unpaired) electrons. The molecule has 2 unspecified atom stereocenters. The molecule has 0 heterocycles. The summed E-state index contributed by atoms with van der Waals surface area (Å²) in [5.41, 5.74) is 0. The third-order valence-electron chi connectivity index (χ3n) is 3.74. The van der Waals surface area contributed by atoms with E-state index in [0.717, 1.165) is 0 Å². The van der Waals surface area contributed by atoms with Gasteiger partial charge in [-0.1, -0.05) is 13.8 Å². The summed E-state index contributed by atoms with van der Waals surface area (Å²) in [7, 11) is 0. The molecule has 1 rings (SSSR count). The van der Waals surface area contributed by atoms with Crippen molar-refractivity contribution in [2.75, 3.05) is 6.54 Å². The number of aliphatic carboxylic acids is 1. The summed E-state index contributed by atoms with van der Waals surface area (Å²) in [5, 5.41) is 13.9. The summed E-state index contributed by atoms with van der Waals surface area (Å²) in [6.45, 7) is 3.44. The molecular formula is C15H25FN2O4. The molecule has 22 heavy (non-hydrogen) atoms. The lowest BCUT2D eigenvalue weighted by Crippen LogP contribution is -2.47. The standard InChI is InChI=1S/C15H25FN2O4/c1-9(2)6-12(15(21)22)18-13(19)8-17-14(20)10-4-3-5-11(16)7-10/h9-12H,3-8H2,1-2H3,(H,17,20)(H,18,19)(H,21,22)/t10?,11?,12-/m0/s1. The Hall–Kier alpha value is -1.66. The fourth-order valence-corrected chi connectivity index (χ4v) is 2.62. The van der Waals surface area contributed by atoms with Gasteiger partial charge in [0.05, 0.1) is 6.54 Å². The van der Waals surface area contributed by atoms with Gasteiger partial charge in [-0.15, -0.1) is 0 Å². The van der Waals surface area contributed by atoms with Crippen LogP contribution in [0.4, 0.5) is 4.39 Å². The number of carbonyl (C=O) groups is 3. The van der Waals surface area contributed by atoms with E-state index in [1.165, 1.54) is 0 Å². The highest BCUT2D eigenvalue weighted by atomic mass is 19.1. The normalized spacial score (nSPS) is 22.9. The number of carboxylic acid groups (broad SMARTS) is 1. The summed E-state index contributed by atoms with van der Waals surface area (Å²) in [6, 6.07) is -0.964. The van der Waals surface area contributed by atoms with E-state index in [0.29, 0.717) is 25.7 Å². The van der Waals surface area contributed by atoms with E-state index in [2.05, 4.69) is 10.6 Å². The summed E-state index contributed by atoms with van der Waals surface area (Å²) in [4.78, 5) is 34.6. The molecule has 1 saturated carbocycles. The average molecular weight is 316 g/mol. The minimum absolute atomic E-state index is 0.125. The summed E-state index contributed by atoms with van der Waals surface area (Å²) < 4.78 is 13.3. The first kappa shape index (κ1) is 18.4. The smallest absolute Gasteiger partial charge is 0.326 e. The molecule has 0 aliphatic heterocycles. The molecule has 0 aromatic carbocycles. The van der Waals surface area contributed by atoms with Gasteiger partial charge in [-0.2, -0.15) is 0 Å². The highest BCUT2D eigenvalue weighted by molar-refractivity contribution is 5.88. The van der Waals surface area contributed by atoms with Gasteiger partial charge in [0.2, 0.25) is 11.8 Å². The Morgan fingerprint density at radius 2 is 1.95 bits per heavy atom. The molecule has 0 bridgehead atoms. The van der Waals surface area contributed by atoms with Crippen molar-refractivity contribution in [2.45, 2.75) is 58.2 Å². The van der Waals surface area contributed by atoms with Crippen LogP contribution in [-0.2, 0) is 14.4 Å². The van der Waals surface area contributed by atoms with Crippen LogP contribution < -0.4 is 10.6 Å². The van der Waals surface area contributed by atoms with Crippen LogP contribution in [0.25, 0.3) is 0 Å². The Labute approximate surface area is 129 Å². The van der Waals surface area contributed by atoms with Crippen molar-refractivity contribution < 1.29 is 23.9 Å². The van der Waals surface area contributed by atoms with Gasteiger partial charge in [0.15, 0.2) is 0 Å². The fraction of sp³-hybridized carbons (Fsp3) is 0.800. The summed E-state index contributed by atoms with van der Waals surface area (Å²) in [6.07, 6.45) is 1.33. The van der Waals surface area contributed by atoms with E-state index in [-0.39, 0.29) is 24.8 Å². The molecule has 126 valence electrons. The number of rotatable bonds is 7. The number of carbonyl (C=O) groups excluding carboxylic acids is 2. The fourth-order valence-electron chi connectivity index (χ4n) is 2.62. The first-order valence-electron chi connectivity index (χ1n) is 7.73. The van der Waals surface area contributed by atoms with E-state index >= 15 is 0 Å². The van der Waals surface area contributed by atoms with Gasteiger partial charge in [-0.3, -0.25) is 9.59 Å². The van der Waals surface area contributed by atoms with Crippen LogP contribution in [0.2, 0.25) is 0 Å². The highest BCUT2D eigenvalue weighted by Crippen LogP contribution is 2.26. The third-order valence-corrected chi connectivity index (χ3v) is 3.74. The molecule has 7 heteroatoms. The zero-order valence-electron chi connectivity index (χ0n) is 13.1. The Bertz CT molecular complexity index is 414. The SMILES string of the molecule is CC(C)C[C@H](NC(=O)CNC(=O)C1CCCC(F)C1)C(=O)O. The van der Waals surface area contributed by atoms with Crippen LogP contribution in [0, 0.1) is 11.8 Å². The molecule has 3 atom stereocenters. The monoisotopic (exact) mass is 316 g/mol. The van der Waals surface area contributed by atoms with Crippen LogP contribution in [-0.4, -0.2) is 41.6 Å². The Morgan fingerprint density at radius 3 is 2.50 bits per heavy atom. The molecule has 1 aliphatic carbocycles. The van der Waals surface area contributed by atoms with Gasteiger partial charge >= 0.3 is 5.97 Å². The van der Waals surface area contributed by atoms with Crippen LogP contribution in [0.1, 0.15) is 46.0 Å². The number of amides is 2. The van der Waals surface area contributed by atoms with Crippen molar-refractivity contribution >= 4 is 17.8 Å². The van der Waals surface area contributed by atoms with Crippen molar-refractivity contribution in [1.82, 2.24) is 10.6 Å². The van der Waals surface area contributed by atoms with Gasteiger partial charge in [-0.05, 0) is 38.0 Å². The Balaban J connectivity index is 2.37. The second kappa shape index (κ2) is 8.70. The minimum atomic E-state index is -1.10. The molecule has 0 saturated heterocycles. The van der Waals surface area contributed by atoms with Gasteiger partial charge < -0.3 is 15.7 Å². The van der Waals surface area contributed by atoms with Gasteiger partial charge in [0, 0.05) is 5.92 Å². The van der Waals surface area contributed by atoms with Crippen molar-refractivity contribution in [2.24, 2.45) is 11.8 Å². The second-order valence-electron chi connectivity index (χ2n) is 6.27. The minimum Gasteiger partial charge on any atom is -0.480 e. The maximum Gasteiger partial charge on any atom is 0.326 e. The van der Waals surface area contributed by atoms with E-state index in [4.69, 9.17) is 5.11 Å². The lowest BCUT2D eigenvalue weighted by molar-refractivity contribution is -0.142. The quantitative estimate of drug-likeness (QED) is 0.658. The molecule has 6 nitrogen and oxygen atoms in total. The highest BCUT2D eigenvalue weighted by Gasteiger charge is 2.27. The van der Waals surface area contributed by atoms with Crippen molar-refractivity contribution in [3.63, 3.8) is 0 Å². The number of nitrogens with one attached hydrogen (secondary N) is 2. The van der Waals surface area contributed by atoms with Gasteiger partial charge in [0.1, 0.15) is 12.2 Å². The largest absolute Gasteiger partial charge is 0.480 e. The van der Waals surface area contributed by atoms with E-state index in [9.17, 15) is 18.8 Å². The third kappa shape index (κ3) is 6.41. The number of halogens is 1. The lowest BCUT2D eigenvalue weighted by atomic mass is 9.87. The summed E-state index contributed by atoms with van der Waals surface area (Å²) in [5.74, 6) is -2.26. The Kier molecular flexibility index (Phi) is 7.27. The van der Waals surface area contributed by atoms with Crippen LogP contribution >= 0.6 is 0 Å². The number of hydrogen-bond donors (Lipinski definition) is 3. The molecule has 1 aliphatic rings. The number of carboxylic acids is 1. The van der Waals surface area contributed by atoms with E-state index in [1.807, 2.05) is 13.8 Å². The molecular weight excluding hydrogens is 291 g/mol. The second-order valence-corrected chi connectivity index (χ2v) is 6.27. The van der Waals surface area contributed by atoms with Crippen LogP contribution in [0.3, 0.4) is 0 Å². The average Bonchev–Trinajstić information content (AvgIpc) is 2.43. The van der Waals surface area contributed by atoms with Crippen molar-refractivity contribution in [3.8, 4) is 0 Å². The molecule has 0 aromatic rings. The molecule has 0 aromatic heterocycles. The maximum absolute atomic E-state index is 13.3. The van der Waals surface area contributed by atoms with Gasteiger partial charge in [0.25, 0.3) is 0 Å². The van der Waals surface area contributed by atoms with Crippen LogP contribution in [0.5, 0.6) is 0 Å². The zero-order valence-corrected chi connectivity index (χ0v) is 13.1. The zero-order chi connectivity index (χ0) is 16.7. The number of alkyl halides is 1. The van der Waals surface area contributed by atoms with Crippen LogP contribution in [0.15, 0.2) is 0 Å². The predicted molar refractivity (Wildman–Crippen MR) is 78.9 cm³/mol. The van der Waals surface area contributed by atoms with Crippen molar-refractivity contribution in [1.29, 1.82) is 0 Å². The van der Waals surface area contributed by atoms with Crippen molar-refractivity contribution in [3.05, 3.63) is 0 Å². The van der Waals surface area contributed by atoms with E-state index in [1.54, 1.807) is 0 Å². The first-order valence-corrected chi connectivity index (χ1v) is 7.73. The maximum atomic E-state index is 13.3. The topological polar surface area (TPSA) is 95.5 Å². The molecule has 0 spiro atoms. The van der Waals surface area contributed by atoms with Gasteiger partial charge in [-0.25, -0.2) is 9.18 Å². The predicted octanol–water partition coefficient (Wildman–Crippen LogP) is 1.25. The molecule has 3 N–H and O–H groups in total. The number of hydrogen-bond acceptors (Lipinski definition) is 3. The Morgan fingerprint density at radius 1 is 1.27 bits per heavy atom. The first-order chi connectivity index (χ1) is 10.3. The summed E-state index contributed by atoms with van der Waals surface area (Å²) >= 11 is 0.